The first-order chi connectivity index (χ1) is 9.25. The normalized spacial score (nSPS) is 25.4. The van der Waals surface area contributed by atoms with Crippen LogP contribution in [0, 0.1) is 0 Å². The first-order valence-corrected chi connectivity index (χ1v) is 7.20. The van der Waals surface area contributed by atoms with Crippen LogP contribution in [0.4, 0.5) is 0 Å². The molecule has 2 atom stereocenters. The molecule has 1 aliphatic rings. The zero-order chi connectivity index (χ0) is 13.2. The van der Waals surface area contributed by atoms with Gasteiger partial charge in [0.05, 0.1) is 0 Å². The summed E-state index contributed by atoms with van der Waals surface area (Å²) in [4.78, 5) is 2.42. The lowest BCUT2D eigenvalue weighted by Gasteiger charge is -2.30. The fourth-order valence-electron chi connectivity index (χ4n) is 3.26. The Kier molecular flexibility index (Phi) is 3.54. The maximum atomic E-state index is 6.40. The summed E-state index contributed by atoms with van der Waals surface area (Å²) in [5.74, 6) is 0. The van der Waals surface area contributed by atoms with Gasteiger partial charge in [-0.15, -0.1) is 0 Å². The Morgan fingerprint density at radius 2 is 1.84 bits per heavy atom. The number of hydrogen-bond acceptors (Lipinski definition) is 2. The van der Waals surface area contributed by atoms with Crippen molar-refractivity contribution in [1.29, 1.82) is 0 Å². The molecule has 0 aliphatic carbocycles. The van der Waals surface area contributed by atoms with Crippen molar-refractivity contribution < 1.29 is 0 Å². The first-order valence-electron chi connectivity index (χ1n) is 7.20. The van der Waals surface area contributed by atoms with Gasteiger partial charge >= 0.3 is 0 Å². The SMILES string of the molecule is CN1CCCCC(N)C1c1ccc2ccccc2c1. The van der Waals surface area contributed by atoms with Crippen molar-refractivity contribution >= 4 is 10.8 Å². The Morgan fingerprint density at radius 1 is 1.05 bits per heavy atom. The van der Waals surface area contributed by atoms with Gasteiger partial charge in [-0.3, -0.25) is 4.90 Å². The number of benzene rings is 2. The van der Waals surface area contributed by atoms with Crippen molar-refractivity contribution in [3.63, 3.8) is 0 Å². The van der Waals surface area contributed by atoms with Crippen LogP contribution in [-0.2, 0) is 0 Å². The Bertz CT molecular complexity index is 552. The summed E-state index contributed by atoms with van der Waals surface area (Å²) in [5.41, 5.74) is 7.76. The maximum Gasteiger partial charge on any atom is 0.0496 e. The quantitative estimate of drug-likeness (QED) is 0.846. The van der Waals surface area contributed by atoms with Crippen LogP contribution >= 0.6 is 0 Å². The van der Waals surface area contributed by atoms with E-state index in [1.54, 1.807) is 0 Å². The number of nitrogens with zero attached hydrogens (tertiary/aromatic N) is 1. The average Bonchev–Trinajstić information content (AvgIpc) is 2.59. The third kappa shape index (κ3) is 2.51. The molecule has 19 heavy (non-hydrogen) atoms. The van der Waals surface area contributed by atoms with E-state index in [9.17, 15) is 0 Å². The van der Waals surface area contributed by atoms with Gasteiger partial charge in [0.2, 0.25) is 0 Å². The molecule has 2 N–H and O–H groups in total. The highest BCUT2D eigenvalue weighted by Gasteiger charge is 2.26. The molecule has 0 spiro atoms. The van der Waals surface area contributed by atoms with Crippen molar-refractivity contribution in [2.24, 2.45) is 5.73 Å². The lowest BCUT2D eigenvalue weighted by atomic mass is 9.94. The second-order valence-corrected chi connectivity index (χ2v) is 5.69. The maximum absolute atomic E-state index is 6.40. The number of nitrogens with two attached hydrogens (primary N) is 1. The summed E-state index contributed by atoms with van der Waals surface area (Å²) in [6.07, 6.45) is 3.63. The van der Waals surface area contributed by atoms with Gasteiger partial charge in [0.1, 0.15) is 0 Å². The molecule has 0 saturated carbocycles. The van der Waals surface area contributed by atoms with E-state index in [-0.39, 0.29) is 6.04 Å². The van der Waals surface area contributed by atoms with Gasteiger partial charge in [-0.05, 0) is 48.8 Å². The third-order valence-corrected chi connectivity index (χ3v) is 4.29. The molecule has 0 aromatic heterocycles. The molecule has 1 saturated heterocycles. The predicted octanol–water partition coefficient (Wildman–Crippen LogP) is 3.32. The summed E-state index contributed by atoms with van der Waals surface area (Å²) in [7, 11) is 2.20. The summed E-state index contributed by atoms with van der Waals surface area (Å²) in [6, 6.07) is 15.9. The highest BCUT2D eigenvalue weighted by Crippen LogP contribution is 2.30. The van der Waals surface area contributed by atoms with Crippen LogP contribution in [0.1, 0.15) is 30.9 Å². The van der Waals surface area contributed by atoms with E-state index >= 15 is 0 Å². The number of fused-ring (bicyclic) bond motifs is 1. The minimum absolute atomic E-state index is 0.244. The Labute approximate surface area is 115 Å². The fraction of sp³-hybridized carbons (Fsp3) is 0.412. The first kappa shape index (κ1) is 12.6. The largest absolute Gasteiger partial charge is 0.326 e. The van der Waals surface area contributed by atoms with Crippen LogP contribution in [0.15, 0.2) is 42.5 Å². The Morgan fingerprint density at radius 3 is 2.68 bits per heavy atom. The molecule has 2 aromatic rings. The van der Waals surface area contributed by atoms with Gasteiger partial charge in [0, 0.05) is 12.1 Å². The molecule has 2 nitrogen and oxygen atoms in total. The van der Waals surface area contributed by atoms with E-state index in [1.165, 1.54) is 29.2 Å². The standard InChI is InChI=1S/C17H22N2/c1-19-11-5-4-8-16(18)17(19)15-10-9-13-6-2-3-7-14(13)12-15/h2-3,6-7,9-10,12,16-17H,4-5,8,11,18H2,1H3. The van der Waals surface area contributed by atoms with Crippen LogP contribution in [0.3, 0.4) is 0 Å². The van der Waals surface area contributed by atoms with Crippen LogP contribution in [0.25, 0.3) is 10.8 Å². The van der Waals surface area contributed by atoms with E-state index in [1.807, 2.05) is 0 Å². The summed E-state index contributed by atoms with van der Waals surface area (Å²) in [6.45, 7) is 1.14. The monoisotopic (exact) mass is 254 g/mol. The average molecular weight is 254 g/mol. The molecule has 1 aliphatic heterocycles. The number of rotatable bonds is 1. The highest BCUT2D eigenvalue weighted by molar-refractivity contribution is 5.83. The summed E-state index contributed by atoms with van der Waals surface area (Å²) < 4.78 is 0. The number of likely N-dealkylation sites (N-methyl/N-ethyl adjacent to an activating group) is 1. The molecule has 1 fully saturated rings. The molecule has 0 radical (unpaired) electrons. The minimum atomic E-state index is 0.244. The Balaban J connectivity index is 2.01. The summed E-state index contributed by atoms with van der Waals surface area (Å²) >= 11 is 0. The lowest BCUT2D eigenvalue weighted by molar-refractivity contribution is 0.230. The Hall–Kier alpha value is -1.38. The van der Waals surface area contributed by atoms with Crippen molar-refractivity contribution in [1.82, 2.24) is 4.90 Å². The number of hydrogen-bond donors (Lipinski definition) is 1. The second-order valence-electron chi connectivity index (χ2n) is 5.69. The van der Waals surface area contributed by atoms with E-state index < -0.39 is 0 Å². The van der Waals surface area contributed by atoms with E-state index in [4.69, 9.17) is 5.73 Å². The lowest BCUT2D eigenvalue weighted by Crippen LogP contribution is -2.37. The second kappa shape index (κ2) is 5.32. The highest BCUT2D eigenvalue weighted by atomic mass is 15.1. The molecule has 0 amide bonds. The smallest absolute Gasteiger partial charge is 0.0496 e. The molecular weight excluding hydrogens is 232 g/mol. The van der Waals surface area contributed by atoms with Gasteiger partial charge in [-0.1, -0.05) is 42.8 Å². The molecule has 0 bridgehead atoms. The number of likely N-dealkylation sites (tertiary alicyclic amines) is 1. The van der Waals surface area contributed by atoms with Gasteiger partial charge in [0.25, 0.3) is 0 Å². The topological polar surface area (TPSA) is 29.3 Å². The molecule has 2 unspecified atom stereocenters. The van der Waals surface area contributed by atoms with Gasteiger partial charge in [0.15, 0.2) is 0 Å². The minimum Gasteiger partial charge on any atom is -0.326 e. The van der Waals surface area contributed by atoms with Crippen LogP contribution in [-0.4, -0.2) is 24.5 Å². The van der Waals surface area contributed by atoms with Gasteiger partial charge in [-0.25, -0.2) is 0 Å². The van der Waals surface area contributed by atoms with E-state index in [0.29, 0.717) is 6.04 Å². The van der Waals surface area contributed by atoms with Crippen molar-refractivity contribution in [2.75, 3.05) is 13.6 Å². The zero-order valence-electron chi connectivity index (χ0n) is 11.5. The predicted molar refractivity (Wildman–Crippen MR) is 81.1 cm³/mol. The van der Waals surface area contributed by atoms with E-state index in [2.05, 4.69) is 54.4 Å². The molecule has 2 aromatic carbocycles. The van der Waals surface area contributed by atoms with Crippen molar-refractivity contribution in [3.8, 4) is 0 Å². The van der Waals surface area contributed by atoms with Gasteiger partial charge < -0.3 is 5.73 Å². The molecule has 2 heteroatoms. The third-order valence-electron chi connectivity index (χ3n) is 4.29. The molecular formula is C17H22N2. The fourth-order valence-corrected chi connectivity index (χ4v) is 3.26. The van der Waals surface area contributed by atoms with Crippen molar-refractivity contribution in [2.45, 2.75) is 31.3 Å². The van der Waals surface area contributed by atoms with Crippen LogP contribution in [0.5, 0.6) is 0 Å². The van der Waals surface area contributed by atoms with E-state index in [0.717, 1.165) is 13.0 Å². The zero-order valence-corrected chi connectivity index (χ0v) is 11.5. The van der Waals surface area contributed by atoms with Crippen molar-refractivity contribution in [3.05, 3.63) is 48.0 Å². The van der Waals surface area contributed by atoms with Crippen LogP contribution < -0.4 is 5.73 Å². The molecule has 100 valence electrons. The van der Waals surface area contributed by atoms with Gasteiger partial charge in [-0.2, -0.15) is 0 Å². The van der Waals surface area contributed by atoms with Crippen LogP contribution in [0.2, 0.25) is 0 Å². The summed E-state index contributed by atoms with van der Waals surface area (Å²) in [5, 5.41) is 2.61. The molecule has 1 heterocycles. The molecule has 3 rings (SSSR count).